The van der Waals surface area contributed by atoms with Crippen LogP contribution in [-0.2, 0) is 10.3 Å². The van der Waals surface area contributed by atoms with Crippen molar-refractivity contribution >= 4 is 17.2 Å². The maximum atomic E-state index is 10.8. The molecule has 0 aliphatic rings. The normalized spacial score (nSPS) is 11.2. The molecule has 3 heteroatoms. The number of amides is 1. The summed E-state index contributed by atoms with van der Waals surface area (Å²) >= 11 is 1.66. The number of hydrogen-bond acceptors (Lipinski definition) is 2. The third-order valence-corrected chi connectivity index (χ3v) is 2.82. The highest BCUT2D eigenvalue weighted by molar-refractivity contribution is 7.10. The molecular formula is C9H13NOS. The van der Waals surface area contributed by atoms with Crippen molar-refractivity contribution in [1.82, 2.24) is 5.32 Å². The smallest absolute Gasteiger partial charge is 0.217 e. The Bertz CT molecular complexity index is 264. The van der Waals surface area contributed by atoms with Gasteiger partial charge in [0, 0.05) is 11.8 Å². The molecule has 0 aliphatic heterocycles. The maximum Gasteiger partial charge on any atom is 0.217 e. The predicted molar refractivity (Wildman–Crippen MR) is 51.2 cm³/mol. The van der Waals surface area contributed by atoms with E-state index in [1.54, 1.807) is 11.3 Å². The van der Waals surface area contributed by atoms with Gasteiger partial charge in [-0.25, -0.2) is 0 Å². The van der Waals surface area contributed by atoms with Crippen molar-refractivity contribution in [2.45, 2.75) is 26.3 Å². The fraction of sp³-hybridized carbons (Fsp3) is 0.444. The van der Waals surface area contributed by atoms with E-state index in [0.29, 0.717) is 0 Å². The molecule has 12 heavy (non-hydrogen) atoms. The fourth-order valence-corrected chi connectivity index (χ4v) is 1.94. The van der Waals surface area contributed by atoms with Crippen LogP contribution in [0.4, 0.5) is 0 Å². The van der Waals surface area contributed by atoms with Crippen molar-refractivity contribution in [3.05, 3.63) is 22.4 Å². The molecule has 0 aromatic carbocycles. The summed E-state index contributed by atoms with van der Waals surface area (Å²) < 4.78 is 0. The van der Waals surface area contributed by atoms with Gasteiger partial charge in [0.15, 0.2) is 0 Å². The van der Waals surface area contributed by atoms with Crippen molar-refractivity contribution in [2.75, 3.05) is 0 Å². The van der Waals surface area contributed by atoms with Crippen LogP contribution in [0.5, 0.6) is 0 Å². The Morgan fingerprint density at radius 3 is 2.67 bits per heavy atom. The molecule has 1 aromatic heterocycles. The Morgan fingerprint density at radius 1 is 1.58 bits per heavy atom. The number of carbonyl (C=O) groups excluding carboxylic acids is 1. The van der Waals surface area contributed by atoms with E-state index in [4.69, 9.17) is 0 Å². The summed E-state index contributed by atoms with van der Waals surface area (Å²) in [7, 11) is 0. The van der Waals surface area contributed by atoms with E-state index in [9.17, 15) is 4.79 Å². The molecule has 0 bridgehead atoms. The van der Waals surface area contributed by atoms with Crippen molar-refractivity contribution in [1.29, 1.82) is 0 Å². The van der Waals surface area contributed by atoms with Crippen LogP contribution in [0.3, 0.4) is 0 Å². The first-order valence-electron chi connectivity index (χ1n) is 3.85. The zero-order chi connectivity index (χ0) is 9.19. The molecule has 2 nitrogen and oxygen atoms in total. The van der Waals surface area contributed by atoms with Crippen molar-refractivity contribution < 1.29 is 4.79 Å². The Hall–Kier alpha value is -0.830. The minimum Gasteiger partial charge on any atom is -0.347 e. The third kappa shape index (κ3) is 2.08. The van der Waals surface area contributed by atoms with Crippen LogP contribution < -0.4 is 5.32 Å². The number of thiophene rings is 1. The molecule has 1 rings (SSSR count). The van der Waals surface area contributed by atoms with E-state index >= 15 is 0 Å². The molecule has 0 aliphatic carbocycles. The van der Waals surface area contributed by atoms with E-state index in [-0.39, 0.29) is 11.4 Å². The molecule has 0 unspecified atom stereocenters. The largest absolute Gasteiger partial charge is 0.347 e. The van der Waals surface area contributed by atoms with E-state index < -0.39 is 0 Å². The highest BCUT2D eigenvalue weighted by atomic mass is 32.1. The molecule has 0 saturated heterocycles. The first kappa shape index (κ1) is 9.26. The van der Waals surface area contributed by atoms with Crippen molar-refractivity contribution in [3.63, 3.8) is 0 Å². The zero-order valence-electron chi connectivity index (χ0n) is 7.55. The summed E-state index contributed by atoms with van der Waals surface area (Å²) in [5, 5.41) is 4.91. The Balaban J connectivity index is 2.79. The lowest BCUT2D eigenvalue weighted by molar-refractivity contribution is -0.120. The van der Waals surface area contributed by atoms with Gasteiger partial charge in [-0.1, -0.05) is 6.07 Å². The van der Waals surface area contributed by atoms with Gasteiger partial charge in [-0.3, -0.25) is 4.79 Å². The standard InChI is InChI=1S/C9H13NOS/c1-7(11)10-9(2,3)8-5-4-6-12-8/h4-6H,1-3H3,(H,10,11). The van der Waals surface area contributed by atoms with Crippen LogP contribution in [0.15, 0.2) is 17.5 Å². The molecule has 1 amide bonds. The van der Waals surface area contributed by atoms with Gasteiger partial charge in [-0.15, -0.1) is 11.3 Å². The predicted octanol–water partition coefficient (Wildman–Crippen LogP) is 2.12. The SMILES string of the molecule is CC(=O)NC(C)(C)c1cccs1. The summed E-state index contributed by atoms with van der Waals surface area (Å²) in [5.74, 6) is 0.00778. The van der Waals surface area contributed by atoms with E-state index in [1.165, 1.54) is 11.8 Å². The van der Waals surface area contributed by atoms with Crippen LogP contribution in [0.25, 0.3) is 0 Å². The number of carbonyl (C=O) groups is 1. The van der Waals surface area contributed by atoms with Gasteiger partial charge in [0.05, 0.1) is 5.54 Å². The van der Waals surface area contributed by atoms with Gasteiger partial charge in [-0.05, 0) is 25.3 Å². The zero-order valence-corrected chi connectivity index (χ0v) is 8.37. The Labute approximate surface area is 76.6 Å². The minimum absolute atomic E-state index is 0.00778. The molecule has 0 spiro atoms. The Morgan fingerprint density at radius 2 is 2.25 bits per heavy atom. The molecule has 0 radical (unpaired) electrons. The molecule has 0 atom stereocenters. The molecule has 0 fully saturated rings. The lowest BCUT2D eigenvalue weighted by atomic mass is 10.0. The number of nitrogens with one attached hydrogen (secondary N) is 1. The number of hydrogen-bond donors (Lipinski definition) is 1. The van der Waals surface area contributed by atoms with Gasteiger partial charge in [0.2, 0.25) is 5.91 Å². The van der Waals surface area contributed by atoms with Gasteiger partial charge < -0.3 is 5.32 Å². The van der Waals surface area contributed by atoms with Crippen LogP contribution in [0.1, 0.15) is 25.6 Å². The van der Waals surface area contributed by atoms with Gasteiger partial charge in [0.25, 0.3) is 0 Å². The molecule has 1 heterocycles. The number of rotatable bonds is 2. The fourth-order valence-electron chi connectivity index (χ4n) is 1.14. The topological polar surface area (TPSA) is 29.1 Å². The van der Waals surface area contributed by atoms with Crippen LogP contribution in [0.2, 0.25) is 0 Å². The van der Waals surface area contributed by atoms with Gasteiger partial charge in [-0.2, -0.15) is 0 Å². The average molecular weight is 183 g/mol. The van der Waals surface area contributed by atoms with Crippen molar-refractivity contribution in [2.24, 2.45) is 0 Å². The second-order valence-corrected chi connectivity index (χ2v) is 4.23. The Kier molecular flexibility index (Phi) is 2.52. The monoisotopic (exact) mass is 183 g/mol. The maximum absolute atomic E-state index is 10.8. The molecular weight excluding hydrogens is 170 g/mol. The third-order valence-electron chi connectivity index (χ3n) is 1.63. The lowest BCUT2D eigenvalue weighted by Gasteiger charge is -2.23. The van der Waals surface area contributed by atoms with Crippen LogP contribution >= 0.6 is 11.3 Å². The lowest BCUT2D eigenvalue weighted by Crippen LogP contribution is -2.38. The average Bonchev–Trinajstić information content (AvgIpc) is 2.32. The summed E-state index contributed by atoms with van der Waals surface area (Å²) in [6.07, 6.45) is 0. The van der Waals surface area contributed by atoms with Gasteiger partial charge in [0.1, 0.15) is 0 Å². The summed E-state index contributed by atoms with van der Waals surface area (Å²) in [6, 6.07) is 4.02. The first-order valence-corrected chi connectivity index (χ1v) is 4.73. The summed E-state index contributed by atoms with van der Waals surface area (Å²) in [6.45, 7) is 5.54. The highest BCUT2D eigenvalue weighted by Crippen LogP contribution is 2.24. The molecule has 1 aromatic rings. The van der Waals surface area contributed by atoms with Gasteiger partial charge >= 0.3 is 0 Å². The summed E-state index contributed by atoms with van der Waals surface area (Å²) in [5.41, 5.74) is -0.236. The van der Waals surface area contributed by atoms with Crippen molar-refractivity contribution in [3.8, 4) is 0 Å². The first-order chi connectivity index (χ1) is 5.52. The quantitative estimate of drug-likeness (QED) is 0.747. The second-order valence-electron chi connectivity index (χ2n) is 3.28. The minimum atomic E-state index is -0.236. The second kappa shape index (κ2) is 3.27. The highest BCUT2D eigenvalue weighted by Gasteiger charge is 2.21. The van der Waals surface area contributed by atoms with E-state index in [1.807, 2.05) is 31.4 Å². The summed E-state index contributed by atoms with van der Waals surface area (Å²) in [4.78, 5) is 12.0. The molecule has 0 saturated carbocycles. The molecule has 1 N–H and O–H groups in total. The van der Waals surface area contributed by atoms with E-state index in [0.717, 1.165) is 0 Å². The van der Waals surface area contributed by atoms with Crippen LogP contribution in [0, 0.1) is 0 Å². The van der Waals surface area contributed by atoms with E-state index in [2.05, 4.69) is 5.32 Å². The van der Waals surface area contributed by atoms with Crippen LogP contribution in [-0.4, -0.2) is 5.91 Å². The molecule has 66 valence electrons.